The Morgan fingerprint density at radius 2 is 1.70 bits per heavy atom. The molecular weight excluding hydrogens is 272 g/mol. The van der Waals surface area contributed by atoms with Crippen LogP contribution in [0.1, 0.15) is 20.8 Å². The fourth-order valence-electron chi connectivity index (χ4n) is 1.89. The molecule has 0 spiro atoms. The summed E-state index contributed by atoms with van der Waals surface area (Å²) in [5.41, 5.74) is 0. The van der Waals surface area contributed by atoms with Crippen molar-refractivity contribution in [1.82, 2.24) is 0 Å². The Kier molecular flexibility index (Phi) is 5.46. The van der Waals surface area contributed by atoms with Crippen molar-refractivity contribution in [1.29, 1.82) is 0 Å². The van der Waals surface area contributed by atoms with Crippen molar-refractivity contribution in [3.63, 3.8) is 0 Å². The van der Waals surface area contributed by atoms with Gasteiger partial charge in [0, 0.05) is 27.9 Å². The molecule has 0 radical (unpaired) electrons. The van der Waals surface area contributed by atoms with Crippen molar-refractivity contribution in [3.05, 3.63) is 0 Å². The predicted octanol–water partition coefficient (Wildman–Crippen LogP) is -0.214. The van der Waals surface area contributed by atoms with Crippen LogP contribution >= 0.6 is 0 Å². The van der Waals surface area contributed by atoms with Crippen LogP contribution in [0.25, 0.3) is 0 Å². The van der Waals surface area contributed by atoms with E-state index in [0.29, 0.717) is 0 Å². The second-order valence-corrected chi connectivity index (χ2v) is 4.29. The number of carbonyl (C=O) groups excluding carboxylic acids is 3. The third-order valence-corrected chi connectivity index (χ3v) is 2.70. The van der Waals surface area contributed by atoms with E-state index in [0.717, 1.165) is 0 Å². The number of hydrogen-bond donors (Lipinski definition) is 0. The minimum Gasteiger partial charge on any atom is -0.460 e. The van der Waals surface area contributed by atoms with E-state index in [1.165, 1.54) is 27.9 Å². The predicted molar refractivity (Wildman–Crippen MR) is 63.4 cm³/mol. The van der Waals surface area contributed by atoms with Gasteiger partial charge in [0.1, 0.15) is 6.61 Å². The summed E-state index contributed by atoms with van der Waals surface area (Å²) in [5, 5.41) is 0. The van der Waals surface area contributed by atoms with E-state index < -0.39 is 35.9 Å². The van der Waals surface area contributed by atoms with Crippen molar-refractivity contribution in [2.45, 2.75) is 38.8 Å². The summed E-state index contributed by atoms with van der Waals surface area (Å²) < 4.78 is 25.6. The molecule has 0 aromatic rings. The van der Waals surface area contributed by atoms with Crippen LogP contribution in [0.5, 0.6) is 0 Å². The maximum atomic E-state index is 11.2. The minimum absolute atomic E-state index is 0.0351. The molecule has 0 unspecified atom stereocenters. The van der Waals surface area contributed by atoms with Gasteiger partial charge in [-0.25, -0.2) is 0 Å². The molecule has 1 rings (SSSR count). The first-order valence-corrected chi connectivity index (χ1v) is 5.97. The molecule has 0 bridgehead atoms. The Bertz CT molecular complexity index is 393. The largest absolute Gasteiger partial charge is 0.460 e. The van der Waals surface area contributed by atoms with Crippen molar-refractivity contribution in [3.8, 4) is 0 Å². The molecule has 0 N–H and O–H groups in total. The number of methoxy groups -OCH3 is 1. The van der Waals surface area contributed by atoms with Gasteiger partial charge in [-0.05, 0) is 0 Å². The number of esters is 3. The van der Waals surface area contributed by atoms with Crippen LogP contribution in [0.15, 0.2) is 0 Å². The molecule has 8 heteroatoms. The second kappa shape index (κ2) is 6.67. The van der Waals surface area contributed by atoms with Crippen LogP contribution in [0.4, 0.5) is 0 Å². The highest BCUT2D eigenvalue weighted by Crippen LogP contribution is 2.32. The van der Waals surface area contributed by atoms with Crippen molar-refractivity contribution < 1.29 is 38.1 Å². The van der Waals surface area contributed by atoms with Crippen LogP contribution in [-0.2, 0) is 38.1 Å². The molecular formula is C12H18O8. The zero-order valence-corrected chi connectivity index (χ0v) is 11.8. The van der Waals surface area contributed by atoms with Gasteiger partial charge < -0.3 is 23.7 Å². The first kappa shape index (κ1) is 16.4. The fraction of sp³-hybridized carbons (Fsp3) is 0.750. The van der Waals surface area contributed by atoms with Crippen LogP contribution in [0.3, 0.4) is 0 Å². The quantitative estimate of drug-likeness (QED) is 0.506. The van der Waals surface area contributed by atoms with Gasteiger partial charge in [0.05, 0.1) is 6.61 Å². The third-order valence-electron chi connectivity index (χ3n) is 2.70. The molecule has 3 atom stereocenters. The van der Waals surface area contributed by atoms with Crippen molar-refractivity contribution in [2.24, 2.45) is 0 Å². The summed E-state index contributed by atoms with van der Waals surface area (Å²) in [5.74, 6) is -3.17. The number of hydrogen-bond acceptors (Lipinski definition) is 8. The van der Waals surface area contributed by atoms with Gasteiger partial charge in [-0.15, -0.1) is 0 Å². The normalized spacial score (nSPS) is 28.8. The maximum Gasteiger partial charge on any atom is 0.303 e. The molecule has 0 aromatic heterocycles. The van der Waals surface area contributed by atoms with Gasteiger partial charge in [-0.3, -0.25) is 14.4 Å². The van der Waals surface area contributed by atoms with Gasteiger partial charge in [0.2, 0.25) is 5.79 Å². The molecule has 114 valence electrons. The van der Waals surface area contributed by atoms with Crippen LogP contribution in [0, 0.1) is 0 Å². The lowest BCUT2D eigenvalue weighted by Gasteiger charge is -2.32. The first-order chi connectivity index (χ1) is 9.30. The van der Waals surface area contributed by atoms with Gasteiger partial charge >= 0.3 is 17.9 Å². The molecule has 1 heterocycles. The standard InChI is InChI=1S/C12H18O8/c1-7(13)17-6-12(16-4)11(20-9(3)15)10(5-18-12)19-8(2)14/h10-11H,5-6H2,1-4H3/t10-,11-,12-/m0/s1. The first-order valence-electron chi connectivity index (χ1n) is 5.97. The molecule has 1 aliphatic rings. The van der Waals surface area contributed by atoms with E-state index in [9.17, 15) is 14.4 Å². The SMILES string of the molecule is CO[C@@]1(COC(C)=O)OC[C@H](OC(C)=O)[C@@H]1OC(C)=O. The molecule has 1 fully saturated rings. The molecule has 8 nitrogen and oxygen atoms in total. The number of ether oxygens (including phenoxy) is 5. The van der Waals surface area contributed by atoms with E-state index in [2.05, 4.69) is 0 Å². The van der Waals surface area contributed by atoms with Crippen LogP contribution < -0.4 is 0 Å². The number of rotatable bonds is 5. The highest BCUT2D eigenvalue weighted by Gasteiger charge is 2.56. The summed E-state index contributed by atoms with van der Waals surface area (Å²) >= 11 is 0. The van der Waals surface area contributed by atoms with Crippen LogP contribution in [-0.4, -0.2) is 56.2 Å². The fourth-order valence-corrected chi connectivity index (χ4v) is 1.89. The Balaban J connectivity index is 2.92. The van der Waals surface area contributed by atoms with Crippen LogP contribution in [0.2, 0.25) is 0 Å². The summed E-state index contributed by atoms with van der Waals surface area (Å²) in [6.07, 6.45) is -1.85. The average Bonchev–Trinajstić information content (AvgIpc) is 2.65. The molecule has 0 aromatic carbocycles. The lowest BCUT2D eigenvalue weighted by atomic mass is 10.1. The zero-order valence-electron chi connectivity index (χ0n) is 11.8. The van der Waals surface area contributed by atoms with Gasteiger partial charge in [0.15, 0.2) is 12.2 Å². The lowest BCUT2D eigenvalue weighted by Crippen LogP contribution is -2.51. The highest BCUT2D eigenvalue weighted by molar-refractivity contribution is 5.68. The molecule has 1 saturated heterocycles. The Morgan fingerprint density at radius 1 is 1.10 bits per heavy atom. The Hall–Kier alpha value is -1.67. The van der Waals surface area contributed by atoms with Gasteiger partial charge in [-0.1, -0.05) is 0 Å². The highest BCUT2D eigenvalue weighted by atomic mass is 16.8. The summed E-state index contributed by atoms with van der Waals surface area (Å²) in [6, 6.07) is 0. The Morgan fingerprint density at radius 3 is 2.15 bits per heavy atom. The molecule has 0 amide bonds. The summed E-state index contributed by atoms with van der Waals surface area (Å²) in [7, 11) is 1.32. The third kappa shape index (κ3) is 3.91. The zero-order chi connectivity index (χ0) is 15.3. The molecule has 0 saturated carbocycles. The van der Waals surface area contributed by atoms with Crippen molar-refractivity contribution in [2.75, 3.05) is 20.3 Å². The van der Waals surface area contributed by atoms with E-state index in [-0.39, 0.29) is 13.2 Å². The molecule has 0 aliphatic carbocycles. The van der Waals surface area contributed by atoms with Gasteiger partial charge in [-0.2, -0.15) is 0 Å². The monoisotopic (exact) mass is 290 g/mol. The molecule has 1 aliphatic heterocycles. The Labute approximate surface area is 116 Å². The summed E-state index contributed by atoms with van der Waals surface area (Å²) in [4.78, 5) is 33.2. The van der Waals surface area contributed by atoms with E-state index in [4.69, 9.17) is 23.7 Å². The second-order valence-electron chi connectivity index (χ2n) is 4.29. The van der Waals surface area contributed by atoms with Crippen molar-refractivity contribution >= 4 is 17.9 Å². The average molecular weight is 290 g/mol. The minimum atomic E-state index is -1.49. The smallest absolute Gasteiger partial charge is 0.303 e. The number of carbonyl (C=O) groups is 3. The summed E-state index contributed by atoms with van der Waals surface area (Å²) in [6.45, 7) is 3.34. The molecule has 20 heavy (non-hydrogen) atoms. The van der Waals surface area contributed by atoms with E-state index in [1.54, 1.807) is 0 Å². The van der Waals surface area contributed by atoms with E-state index in [1.807, 2.05) is 0 Å². The topological polar surface area (TPSA) is 97.4 Å². The van der Waals surface area contributed by atoms with E-state index >= 15 is 0 Å². The maximum absolute atomic E-state index is 11.2. The lowest BCUT2D eigenvalue weighted by molar-refractivity contribution is -0.260. The van der Waals surface area contributed by atoms with Gasteiger partial charge in [0.25, 0.3) is 0 Å².